The van der Waals surface area contributed by atoms with E-state index in [1.165, 1.54) is 12.8 Å². The lowest BCUT2D eigenvalue weighted by atomic mass is 9.90. The molecule has 1 amide bonds. The number of morpholine rings is 1. The smallest absolute Gasteiger partial charge is 0.236 e. The highest BCUT2D eigenvalue weighted by Gasteiger charge is 2.36. The highest BCUT2D eigenvalue weighted by Crippen LogP contribution is 2.28. The van der Waals surface area contributed by atoms with Gasteiger partial charge in [0.1, 0.15) is 12.2 Å². The predicted octanol–water partition coefficient (Wildman–Crippen LogP) is 0.353. The van der Waals surface area contributed by atoms with Crippen LogP contribution < -0.4 is 5.32 Å². The second-order valence-corrected chi connectivity index (χ2v) is 6.82. The molecular weight excluding hydrogens is 294 g/mol. The summed E-state index contributed by atoms with van der Waals surface area (Å²) in [6.45, 7) is 2.63. The fraction of sp³-hybridized carbons (Fsp3) is 0.812. The van der Waals surface area contributed by atoms with E-state index in [1.807, 2.05) is 4.68 Å². The summed E-state index contributed by atoms with van der Waals surface area (Å²) in [6, 6.07) is 0.594. The molecule has 7 nitrogen and oxygen atoms in total. The lowest BCUT2D eigenvalue weighted by Crippen LogP contribution is -2.57. The molecule has 0 radical (unpaired) electrons. The number of nitrogens with zero attached hydrogens (tertiary/aromatic N) is 4. The van der Waals surface area contributed by atoms with Gasteiger partial charge in [0.25, 0.3) is 0 Å². The summed E-state index contributed by atoms with van der Waals surface area (Å²) in [5.41, 5.74) is 0. The van der Waals surface area contributed by atoms with E-state index in [1.54, 1.807) is 6.33 Å². The van der Waals surface area contributed by atoms with Gasteiger partial charge in [-0.3, -0.25) is 4.79 Å². The Morgan fingerprint density at radius 3 is 3.22 bits per heavy atom. The third kappa shape index (κ3) is 3.12. The molecule has 0 aromatic carbocycles. The Labute approximate surface area is 136 Å². The topological polar surface area (TPSA) is 72.3 Å². The molecule has 1 aromatic heterocycles. The molecule has 1 aromatic rings. The number of ether oxygens (including phenoxy) is 1. The van der Waals surface area contributed by atoms with E-state index in [2.05, 4.69) is 20.3 Å². The molecule has 23 heavy (non-hydrogen) atoms. The molecular formula is C16H25N5O2. The quantitative estimate of drug-likeness (QED) is 0.870. The maximum atomic E-state index is 12.7. The van der Waals surface area contributed by atoms with Gasteiger partial charge in [-0.2, -0.15) is 5.10 Å². The molecule has 2 aliphatic heterocycles. The molecule has 3 heterocycles. The van der Waals surface area contributed by atoms with Gasteiger partial charge in [-0.15, -0.1) is 0 Å². The third-order valence-corrected chi connectivity index (χ3v) is 5.40. The number of carbonyl (C=O) groups excluding carboxylic acids is 1. The van der Waals surface area contributed by atoms with Crippen molar-refractivity contribution in [3.05, 3.63) is 12.2 Å². The summed E-state index contributed by atoms with van der Waals surface area (Å²) in [4.78, 5) is 19.0. The van der Waals surface area contributed by atoms with Crippen LogP contribution in [-0.4, -0.2) is 63.5 Å². The van der Waals surface area contributed by atoms with Gasteiger partial charge < -0.3 is 15.0 Å². The summed E-state index contributed by atoms with van der Waals surface area (Å²) in [5, 5.41) is 7.66. The predicted molar refractivity (Wildman–Crippen MR) is 83.8 cm³/mol. The van der Waals surface area contributed by atoms with E-state index >= 15 is 0 Å². The first-order valence-corrected chi connectivity index (χ1v) is 8.82. The van der Waals surface area contributed by atoms with Crippen molar-refractivity contribution >= 4 is 5.91 Å². The van der Waals surface area contributed by atoms with E-state index in [4.69, 9.17) is 4.74 Å². The third-order valence-electron chi connectivity index (χ3n) is 5.40. The highest BCUT2D eigenvalue weighted by atomic mass is 16.5. The van der Waals surface area contributed by atoms with E-state index in [0.717, 1.165) is 44.6 Å². The summed E-state index contributed by atoms with van der Waals surface area (Å²) in [6.07, 6.45) is 8.42. The van der Waals surface area contributed by atoms with Crippen molar-refractivity contribution < 1.29 is 9.53 Å². The number of hydrogen-bond acceptors (Lipinski definition) is 5. The summed E-state index contributed by atoms with van der Waals surface area (Å²) in [5.74, 6) is 1.27. The molecule has 3 atom stereocenters. The molecule has 0 unspecified atom stereocenters. The first kappa shape index (κ1) is 15.1. The highest BCUT2D eigenvalue weighted by molar-refractivity contribution is 5.78. The van der Waals surface area contributed by atoms with Crippen molar-refractivity contribution in [3.63, 3.8) is 0 Å². The molecule has 126 valence electrons. The largest absolute Gasteiger partial charge is 0.374 e. The van der Waals surface area contributed by atoms with Gasteiger partial charge in [0.2, 0.25) is 5.91 Å². The SMILES string of the molecule is O=C(CN[C@@H]1CCc2ncnn2C1)N1CCO[C@H]2CCCC[C@H]21. The first-order chi connectivity index (χ1) is 11.3. The molecule has 0 bridgehead atoms. The van der Waals surface area contributed by atoms with Crippen LogP contribution in [0.1, 0.15) is 37.9 Å². The number of amides is 1. The number of aromatic nitrogens is 3. The van der Waals surface area contributed by atoms with Crippen molar-refractivity contribution in [1.29, 1.82) is 0 Å². The van der Waals surface area contributed by atoms with Crippen LogP contribution in [0.4, 0.5) is 0 Å². The lowest BCUT2D eigenvalue weighted by Gasteiger charge is -2.44. The van der Waals surface area contributed by atoms with Crippen LogP contribution in [0.5, 0.6) is 0 Å². The summed E-state index contributed by atoms with van der Waals surface area (Å²) < 4.78 is 7.80. The zero-order valence-corrected chi connectivity index (χ0v) is 13.5. The van der Waals surface area contributed by atoms with Crippen molar-refractivity contribution in [2.45, 2.75) is 63.3 Å². The fourth-order valence-electron chi connectivity index (χ4n) is 4.14. The molecule has 0 spiro atoms. The van der Waals surface area contributed by atoms with Crippen molar-refractivity contribution in [2.24, 2.45) is 0 Å². The molecule has 1 saturated carbocycles. The zero-order chi connectivity index (χ0) is 15.6. The Balaban J connectivity index is 1.31. The van der Waals surface area contributed by atoms with E-state index in [0.29, 0.717) is 25.2 Å². The molecule has 1 N–H and O–H groups in total. The molecule has 7 heteroatoms. The molecule has 1 saturated heterocycles. The van der Waals surface area contributed by atoms with E-state index in [9.17, 15) is 4.79 Å². The zero-order valence-electron chi connectivity index (χ0n) is 13.5. The maximum absolute atomic E-state index is 12.7. The molecule has 3 aliphatic rings. The van der Waals surface area contributed by atoms with Gasteiger partial charge in [0.15, 0.2) is 0 Å². The van der Waals surface area contributed by atoms with Gasteiger partial charge in [0.05, 0.1) is 31.8 Å². The Hall–Kier alpha value is -1.47. The molecule has 1 aliphatic carbocycles. The first-order valence-electron chi connectivity index (χ1n) is 8.82. The van der Waals surface area contributed by atoms with E-state index in [-0.39, 0.29) is 12.0 Å². The van der Waals surface area contributed by atoms with Crippen LogP contribution >= 0.6 is 0 Å². The Kier molecular flexibility index (Phi) is 4.31. The minimum absolute atomic E-state index is 0.217. The summed E-state index contributed by atoms with van der Waals surface area (Å²) in [7, 11) is 0. The van der Waals surface area contributed by atoms with Crippen LogP contribution in [0, 0.1) is 0 Å². The second-order valence-electron chi connectivity index (χ2n) is 6.82. The number of carbonyl (C=O) groups is 1. The van der Waals surface area contributed by atoms with Gasteiger partial charge in [-0.1, -0.05) is 12.8 Å². The second kappa shape index (κ2) is 6.57. The lowest BCUT2D eigenvalue weighted by molar-refractivity contribution is -0.148. The Morgan fingerprint density at radius 2 is 2.26 bits per heavy atom. The minimum atomic E-state index is 0.217. The Bertz CT molecular complexity index is 558. The number of fused-ring (bicyclic) bond motifs is 2. The van der Waals surface area contributed by atoms with Crippen LogP contribution in [-0.2, 0) is 22.5 Å². The standard InChI is InChI=1S/C16H25N5O2/c22-16(20-7-8-23-14-4-2-1-3-13(14)20)9-17-12-5-6-15-18-11-19-21(15)10-12/h11-14,17H,1-10H2/t12-,13-,14+/m1/s1. The monoisotopic (exact) mass is 319 g/mol. The van der Waals surface area contributed by atoms with Gasteiger partial charge in [0, 0.05) is 19.0 Å². The van der Waals surface area contributed by atoms with Gasteiger partial charge in [-0.25, -0.2) is 9.67 Å². The fourth-order valence-corrected chi connectivity index (χ4v) is 4.14. The minimum Gasteiger partial charge on any atom is -0.374 e. The van der Waals surface area contributed by atoms with Gasteiger partial charge in [-0.05, 0) is 19.3 Å². The summed E-state index contributed by atoms with van der Waals surface area (Å²) >= 11 is 0. The van der Waals surface area contributed by atoms with Crippen molar-refractivity contribution in [2.75, 3.05) is 19.7 Å². The average Bonchev–Trinajstić information content (AvgIpc) is 3.07. The maximum Gasteiger partial charge on any atom is 0.236 e. The van der Waals surface area contributed by atoms with Crippen molar-refractivity contribution in [1.82, 2.24) is 25.0 Å². The average molecular weight is 319 g/mol. The van der Waals surface area contributed by atoms with E-state index < -0.39 is 0 Å². The van der Waals surface area contributed by atoms with Crippen LogP contribution in [0.3, 0.4) is 0 Å². The number of rotatable bonds is 3. The van der Waals surface area contributed by atoms with Crippen LogP contribution in [0.15, 0.2) is 6.33 Å². The number of hydrogen-bond donors (Lipinski definition) is 1. The van der Waals surface area contributed by atoms with Crippen LogP contribution in [0.2, 0.25) is 0 Å². The number of nitrogens with one attached hydrogen (secondary N) is 1. The van der Waals surface area contributed by atoms with Crippen LogP contribution in [0.25, 0.3) is 0 Å². The molecule has 2 fully saturated rings. The van der Waals surface area contributed by atoms with Gasteiger partial charge >= 0.3 is 0 Å². The number of aryl methyl sites for hydroxylation is 1. The Morgan fingerprint density at radius 1 is 1.35 bits per heavy atom. The normalized spacial score (nSPS) is 30.6. The van der Waals surface area contributed by atoms with Crippen molar-refractivity contribution in [3.8, 4) is 0 Å². The molecule has 4 rings (SSSR count).